The third kappa shape index (κ3) is 3.99. The Morgan fingerprint density at radius 3 is 2.25 bits per heavy atom. The Labute approximate surface area is 123 Å². The molecule has 1 N–H and O–H groups in total. The predicted octanol–water partition coefficient (Wildman–Crippen LogP) is 4.14. The fraction of sp³-hybridized carbons (Fsp3) is 0.667. The summed E-state index contributed by atoms with van der Waals surface area (Å²) in [5, 5.41) is 3.42. The van der Waals surface area contributed by atoms with Crippen LogP contribution in [0.15, 0.2) is 24.3 Å². The fourth-order valence-electron chi connectivity index (χ4n) is 3.05. The minimum absolute atomic E-state index is 0.204. The Morgan fingerprint density at radius 1 is 1.15 bits per heavy atom. The Kier molecular flexibility index (Phi) is 5.09. The van der Waals surface area contributed by atoms with E-state index in [4.69, 9.17) is 4.74 Å². The molecule has 0 bridgehead atoms. The topological polar surface area (TPSA) is 21.3 Å². The second-order valence-corrected chi connectivity index (χ2v) is 7.03. The molecule has 0 aromatic heterocycles. The van der Waals surface area contributed by atoms with Gasteiger partial charge in [-0.1, -0.05) is 45.7 Å². The molecule has 0 spiro atoms. The number of hydrogen-bond acceptors (Lipinski definition) is 2. The Balaban J connectivity index is 1.89. The van der Waals surface area contributed by atoms with Crippen LogP contribution in [0.4, 0.5) is 0 Å². The molecule has 2 rings (SSSR count). The highest BCUT2D eigenvalue weighted by atomic mass is 16.5. The lowest BCUT2D eigenvalue weighted by Crippen LogP contribution is -2.37. The van der Waals surface area contributed by atoms with Crippen LogP contribution in [-0.4, -0.2) is 19.7 Å². The summed E-state index contributed by atoms with van der Waals surface area (Å²) in [6.07, 6.45) is 5.45. The average Bonchev–Trinajstić information content (AvgIpc) is 2.93. The summed E-state index contributed by atoms with van der Waals surface area (Å²) in [7, 11) is 2.05. The van der Waals surface area contributed by atoms with E-state index in [1.54, 1.807) is 0 Å². The van der Waals surface area contributed by atoms with Crippen LogP contribution in [0, 0.1) is 5.92 Å². The van der Waals surface area contributed by atoms with E-state index in [-0.39, 0.29) is 5.41 Å². The van der Waals surface area contributed by atoms with Gasteiger partial charge in [0, 0.05) is 6.04 Å². The molecule has 0 radical (unpaired) electrons. The van der Waals surface area contributed by atoms with E-state index < -0.39 is 0 Å². The third-order valence-electron chi connectivity index (χ3n) is 4.49. The molecule has 0 saturated heterocycles. The van der Waals surface area contributed by atoms with Crippen LogP contribution in [0.1, 0.15) is 52.0 Å². The van der Waals surface area contributed by atoms with Gasteiger partial charge in [-0.05, 0) is 48.9 Å². The third-order valence-corrected chi connectivity index (χ3v) is 4.49. The molecule has 1 fully saturated rings. The van der Waals surface area contributed by atoms with Crippen molar-refractivity contribution >= 4 is 0 Å². The summed E-state index contributed by atoms with van der Waals surface area (Å²) < 4.78 is 5.98. The zero-order valence-corrected chi connectivity index (χ0v) is 13.4. The Hall–Kier alpha value is -1.02. The minimum atomic E-state index is 0.204. The van der Waals surface area contributed by atoms with Crippen LogP contribution in [-0.2, 0) is 5.41 Å². The molecule has 2 nitrogen and oxygen atoms in total. The first kappa shape index (κ1) is 15.4. The summed E-state index contributed by atoms with van der Waals surface area (Å²) in [6, 6.07) is 9.04. The quantitative estimate of drug-likeness (QED) is 0.872. The van der Waals surface area contributed by atoms with Gasteiger partial charge in [0.05, 0.1) is 0 Å². The van der Waals surface area contributed by atoms with E-state index >= 15 is 0 Å². The maximum atomic E-state index is 5.98. The molecule has 20 heavy (non-hydrogen) atoms. The summed E-state index contributed by atoms with van der Waals surface area (Å²) in [6.45, 7) is 7.48. The highest BCUT2D eigenvalue weighted by Crippen LogP contribution is 2.28. The molecule has 112 valence electrons. The summed E-state index contributed by atoms with van der Waals surface area (Å²) in [4.78, 5) is 0. The number of likely N-dealkylation sites (N-methyl/N-ethyl adjacent to an activating group) is 1. The van der Waals surface area contributed by atoms with E-state index in [0.29, 0.717) is 6.04 Å². The first-order valence-electron chi connectivity index (χ1n) is 7.91. The number of benzene rings is 1. The van der Waals surface area contributed by atoms with Gasteiger partial charge < -0.3 is 10.1 Å². The van der Waals surface area contributed by atoms with Gasteiger partial charge in [0.1, 0.15) is 12.4 Å². The van der Waals surface area contributed by atoms with Crippen LogP contribution in [0.25, 0.3) is 0 Å². The molecule has 0 amide bonds. The van der Waals surface area contributed by atoms with Gasteiger partial charge in [-0.25, -0.2) is 0 Å². The lowest BCUT2D eigenvalue weighted by molar-refractivity contribution is 0.225. The zero-order valence-electron chi connectivity index (χ0n) is 13.4. The number of rotatable bonds is 5. The van der Waals surface area contributed by atoms with E-state index in [0.717, 1.165) is 18.3 Å². The summed E-state index contributed by atoms with van der Waals surface area (Å²) in [5.41, 5.74) is 1.56. The predicted molar refractivity (Wildman–Crippen MR) is 85.4 cm³/mol. The first-order valence-corrected chi connectivity index (χ1v) is 7.91. The van der Waals surface area contributed by atoms with Crippen LogP contribution < -0.4 is 10.1 Å². The molecule has 1 aliphatic carbocycles. The van der Waals surface area contributed by atoms with Crippen molar-refractivity contribution in [1.29, 1.82) is 0 Å². The molecule has 2 heteroatoms. The van der Waals surface area contributed by atoms with Gasteiger partial charge in [0.25, 0.3) is 0 Å². The van der Waals surface area contributed by atoms with Gasteiger partial charge in [-0.3, -0.25) is 0 Å². The molecule has 1 unspecified atom stereocenters. The van der Waals surface area contributed by atoms with Gasteiger partial charge in [0.2, 0.25) is 0 Å². The fourth-order valence-corrected chi connectivity index (χ4v) is 3.05. The SMILES string of the molecule is CNC(COc1ccc(C(C)(C)C)cc1)C1CCCC1. The molecule has 1 aliphatic rings. The molecule has 0 aliphatic heterocycles. The number of ether oxygens (including phenoxy) is 1. The molecule has 1 atom stereocenters. The van der Waals surface area contributed by atoms with Crippen LogP contribution >= 0.6 is 0 Å². The van der Waals surface area contributed by atoms with Crippen molar-refractivity contribution < 1.29 is 4.74 Å². The highest BCUT2D eigenvalue weighted by molar-refractivity contribution is 5.31. The second kappa shape index (κ2) is 6.62. The van der Waals surface area contributed by atoms with Gasteiger partial charge in [-0.15, -0.1) is 0 Å². The van der Waals surface area contributed by atoms with E-state index in [1.807, 2.05) is 0 Å². The van der Waals surface area contributed by atoms with Crippen molar-refractivity contribution in [2.24, 2.45) is 5.92 Å². The van der Waals surface area contributed by atoms with E-state index in [2.05, 4.69) is 57.4 Å². The first-order chi connectivity index (χ1) is 9.50. The lowest BCUT2D eigenvalue weighted by atomic mass is 9.87. The smallest absolute Gasteiger partial charge is 0.119 e. The maximum absolute atomic E-state index is 5.98. The van der Waals surface area contributed by atoms with Crippen molar-refractivity contribution in [3.63, 3.8) is 0 Å². The lowest BCUT2D eigenvalue weighted by Gasteiger charge is -2.23. The van der Waals surface area contributed by atoms with E-state index in [1.165, 1.54) is 31.2 Å². The largest absolute Gasteiger partial charge is 0.492 e. The van der Waals surface area contributed by atoms with Crippen LogP contribution in [0.3, 0.4) is 0 Å². The average molecular weight is 275 g/mol. The van der Waals surface area contributed by atoms with Gasteiger partial charge >= 0.3 is 0 Å². The van der Waals surface area contributed by atoms with E-state index in [9.17, 15) is 0 Å². The van der Waals surface area contributed by atoms with Crippen LogP contribution in [0.5, 0.6) is 5.75 Å². The van der Waals surface area contributed by atoms with Crippen molar-refractivity contribution in [2.75, 3.05) is 13.7 Å². The Bertz CT molecular complexity index is 398. The number of nitrogens with one attached hydrogen (secondary N) is 1. The molecule has 1 aromatic carbocycles. The van der Waals surface area contributed by atoms with Gasteiger partial charge in [0.15, 0.2) is 0 Å². The van der Waals surface area contributed by atoms with Crippen molar-refractivity contribution in [3.8, 4) is 5.75 Å². The van der Waals surface area contributed by atoms with Crippen LogP contribution in [0.2, 0.25) is 0 Å². The summed E-state index contributed by atoms with van der Waals surface area (Å²) >= 11 is 0. The zero-order chi connectivity index (χ0) is 14.6. The molecular formula is C18H29NO. The normalized spacial score (nSPS) is 18.2. The molecule has 1 aromatic rings. The monoisotopic (exact) mass is 275 g/mol. The maximum Gasteiger partial charge on any atom is 0.119 e. The standard InChI is InChI=1S/C18H29NO/c1-18(2,3)15-9-11-16(12-10-15)20-13-17(19-4)14-7-5-6-8-14/h9-12,14,17,19H,5-8,13H2,1-4H3. The Morgan fingerprint density at radius 2 is 1.75 bits per heavy atom. The van der Waals surface area contributed by atoms with Gasteiger partial charge in [-0.2, -0.15) is 0 Å². The molecule has 1 saturated carbocycles. The van der Waals surface area contributed by atoms with Crippen molar-refractivity contribution in [3.05, 3.63) is 29.8 Å². The summed E-state index contributed by atoms with van der Waals surface area (Å²) in [5.74, 6) is 1.77. The highest BCUT2D eigenvalue weighted by Gasteiger charge is 2.24. The van der Waals surface area contributed by atoms with Crippen molar-refractivity contribution in [2.45, 2.75) is 57.9 Å². The number of hydrogen-bond donors (Lipinski definition) is 1. The van der Waals surface area contributed by atoms with Crippen molar-refractivity contribution in [1.82, 2.24) is 5.32 Å². The second-order valence-electron chi connectivity index (χ2n) is 7.03. The molecular weight excluding hydrogens is 246 g/mol. The minimum Gasteiger partial charge on any atom is -0.492 e. The molecule has 0 heterocycles.